The first-order valence-corrected chi connectivity index (χ1v) is 8.70. The van der Waals surface area contributed by atoms with Gasteiger partial charge in [0.05, 0.1) is 0 Å². The van der Waals surface area contributed by atoms with Crippen molar-refractivity contribution >= 4 is 11.8 Å². The van der Waals surface area contributed by atoms with Gasteiger partial charge >= 0.3 is 0 Å². The molecule has 1 saturated heterocycles. The number of piperidine rings is 1. The van der Waals surface area contributed by atoms with E-state index >= 15 is 0 Å². The Bertz CT molecular complexity index is 384. The van der Waals surface area contributed by atoms with E-state index in [1.807, 2.05) is 0 Å². The SMILES string of the molecule is CCCC1CCN(CC2Cc3ccccc3S2)CC1. The van der Waals surface area contributed by atoms with Crippen LogP contribution in [0.15, 0.2) is 29.2 Å². The van der Waals surface area contributed by atoms with Crippen LogP contribution in [0.5, 0.6) is 0 Å². The molecule has 0 radical (unpaired) electrons. The van der Waals surface area contributed by atoms with Gasteiger partial charge in [-0.2, -0.15) is 0 Å². The summed E-state index contributed by atoms with van der Waals surface area (Å²) < 4.78 is 0. The highest BCUT2D eigenvalue weighted by Crippen LogP contribution is 2.37. The Balaban J connectivity index is 1.47. The monoisotopic (exact) mass is 275 g/mol. The molecule has 0 bridgehead atoms. The van der Waals surface area contributed by atoms with Crippen LogP contribution in [-0.2, 0) is 6.42 Å². The lowest BCUT2D eigenvalue weighted by atomic mass is 9.92. The second kappa shape index (κ2) is 6.32. The van der Waals surface area contributed by atoms with Crippen molar-refractivity contribution in [1.29, 1.82) is 0 Å². The molecule has 0 aromatic heterocycles. The van der Waals surface area contributed by atoms with Gasteiger partial charge in [0, 0.05) is 16.7 Å². The van der Waals surface area contributed by atoms with Crippen LogP contribution in [0.4, 0.5) is 0 Å². The number of likely N-dealkylation sites (tertiary alicyclic amines) is 1. The van der Waals surface area contributed by atoms with Crippen molar-refractivity contribution < 1.29 is 0 Å². The maximum atomic E-state index is 2.70. The average molecular weight is 275 g/mol. The number of nitrogens with zero attached hydrogens (tertiary/aromatic N) is 1. The Morgan fingerprint density at radius 2 is 2.00 bits per heavy atom. The zero-order valence-electron chi connectivity index (χ0n) is 12.0. The standard InChI is InChI=1S/C17H25NS/c1-2-5-14-8-10-18(11-9-14)13-16-12-15-6-3-4-7-17(15)19-16/h3-4,6-7,14,16H,2,5,8-13H2,1H3. The molecule has 19 heavy (non-hydrogen) atoms. The fraction of sp³-hybridized carbons (Fsp3) is 0.647. The lowest BCUT2D eigenvalue weighted by Crippen LogP contribution is -2.38. The van der Waals surface area contributed by atoms with E-state index in [4.69, 9.17) is 0 Å². The van der Waals surface area contributed by atoms with Crippen molar-refractivity contribution in [1.82, 2.24) is 4.90 Å². The van der Waals surface area contributed by atoms with Gasteiger partial charge in [-0.1, -0.05) is 38.0 Å². The molecule has 1 unspecified atom stereocenters. The first-order chi connectivity index (χ1) is 9.35. The maximum absolute atomic E-state index is 2.70. The largest absolute Gasteiger partial charge is 0.302 e. The molecule has 0 aliphatic carbocycles. The highest BCUT2D eigenvalue weighted by molar-refractivity contribution is 8.00. The fourth-order valence-electron chi connectivity index (χ4n) is 3.51. The molecule has 1 aromatic carbocycles. The zero-order chi connectivity index (χ0) is 13.1. The van der Waals surface area contributed by atoms with Crippen LogP contribution in [0.1, 0.15) is 38.2 Å². The molecule has 1 atom stereocenters. The summed E-state index contributed by atoms with van der Waals surface area (Å²) in [6, 6.07) is 8.94. The Morgan fingerprint density at radius 1 is 1.21 bits per heavy atom. The van der Waals surface area contributed by atoms with Crippen LogP contribution in [0.25, 0.3) is 0 Å². The summed E-state index contributed by atoms with van der Waals surface area (Å²) in [5.41, 5.74) is 1.57. The summed E-state index contributed by atoms with van der Waals surface area (Å²) in [6.45, 7) is 6.27. The minimum absolute atomic E-state index is 0.792. The van der Waals surface area contributed by atoms with Crippen LogP contribution < -0.4 is 0 Å². The van der Waals surface area contributed by atoms with Gasteiger partial charge in [-0.15, -0.1) is 11.8 Å². The minimum atomic E-state index is 0.792. The van der Waals surface area contributed by atoms with E-state index in [1.165, 1.54) is 56.6 Å². The second-order valence-electron chi connectivity index (χ2n) is 6.08. The predicted molar refractivity (Wildman–Crippen MR) is 83.9 cm³/mol. The molecule has 2 heterocycles. The molecule has 2 heteroatoms. The summed E-state index contributed by atoms with van der Waals surface area (Å²) in [4.78, 5) is 4.23. The number of benzene rings is 1. The molecule has 2 aliphatic heterocycles. The maximum Gasteiger partial charge on any atom is 0.0263 e. The molecular formula is C17H25NS. The number of rotatable bonds is 4. The third-order valence-corrected chi connectivity index (χ3v) is 5.88. The number of thioether (sulfide) groups is 1. The zero-order valence-corrected chi connectivity index (χ0v) is 12.8. The van der Waals surface area contributed by atoms with E-state index in [0.29, 0.717) is 0 Å². The molecule has 0 amide bonds. The van der Waals surface area contributed by atoms with Gasteiger partial charge in [0.15, 0.2) is 0 Å². The Hall–Kier alpha value is -0.470. The van der Waals surface area contributed by atoms with Gasteiger partial charge in [-0.05, 0) is 49.9 Å². The van der Waals surface area contributed by atoms with Crippen molar-refractivity contribution in [2.24, 2.45) is 5.92 Å². The first-order valence-electron chi connectivity index (χ1n) is 7.82. The van der Waals surface area contributed by atoms with E-state index in [2.05, 4.69) is 47.9 Å². The van der Waals surface area contributed by atoms with E-state index in [0.717, 1.165) is 11.2 Å². The second-order valence-corrected chi connectivity index (χ2v) is 7.43. The molecule has 2 aliphatic rings. The highest BCUT2D eigenvalue weighted by Gasteiger charge is 2.26. The van der Waals surface area contributed by atoms with Gasteiger partial charge in [0.2, 0.25) is 0 Å². The summed E-state index contributed by atoms with van der Waals surface area (Å²) >= 11 is 2.10. The van der Waals surface area contributed by atoms with Gasteiger partial charge in [-0.25, -0.2) is 0 Å². The molecule has 0 spiro atoms. The molecule has 104 valence electrons. The van der Waals surface area contributed by atoms with Crippen molar-refractivity contribution in [3.05, 3.63) is 29.8 Å². The van der Waals surface area contributed by atoms with Crippen LogP contribution in [0.3, 0.4) is 0 Å². The molecule has 0 N–H and O–H groups in total. The smallest absolute Gasteiger partial charge is 0.0263 e. The lowest BCUT2D eigenvalue weighted by Gasteiger charge is -2.33. The molecular weight excluding hydrogens is 250 g/mol. The third kappa shape index (κ3) is 3.35. The quantitative estimate of drug-likeness (QED) is 0.809. The van der Waals surface area contributed by atoms with Gasteiger partial charge in [-0.3, -0.25) is 0 Å². The van der Waals surface area contributed by atoms with E-state index in [-0.39, 0.29) is 0 Å². The summed E-state index contributed by atoms with van der Waals surface area (Å²) in [5.74, 6) is 1.01. The van der Waals surface area contributed by atoms with Crippen molar-refractivity contribution in [3.8, 4) is 0 Å². The van der Waals surface area contributed by atoms with E-state index in [1.54, 1.807) is 5.56 Å². The number of fused-ring (bicyclic) bond motifs is 1. The van der Waals surface area contributed by atoms with Crippen LogP contribution in [0, 0.1) is 5.92 Å². The predicted octanol–water partition coefficient (Wildman–Crippen LogP) is 4.22. The Kier molecular flexibility index (Phi) is 4.49. The van der Waals surface area contributed by atoms with E-state index < -0.39 is 0 Å². The third-order valence-electron chi connectivity index (χ3n) is 4.58. The van der Waals surface area contributed by atoms with Crippen molar-refractivity contribution in [3.63, 3.8) is 0 Å². The van der Waals surface area contributed by atoms with Crippen LogP contribution in [0.2, 0.25) is 0 Å². The van der Waals surface area contributed by atoms with Crippen LogP contribution >= 0.6 is 11.8 Å². The fourth-order valence-corrected chi connectivity index (χ4v) is 4.88. The summed E-state index contributed by atoms with van der Waals surface area (Å²) in [6.07, 6.45) is 6.93. The van der Waals surface area contributed by atoms with Gasteiger partial charge in [0.1, 0.15) is 0 Å². The summed E-state index contributed by atoms with van der Waals surface area (Å²) in [5, 5.41) is 0.792. The Labute approximate surface area is 121 Å². The molecule has 1 nitrogen and oxygen atoms in total. The van der Waals surface area contributed by atoms with Gasteiger partial charge in [0.25, 0.3) is 0 Å². The Morgan fingerprint density at radius 3 is 2.74 bits per heavy atom. The topological polar surface area (TPSA) is 3.24 Å². The van der Waals surface area contributed by atoms with Crippen LogP contribution in [-0.4, -0.2) is 29.8 Å². The van der Waals surface area contributed by atoms with Gasteiger partial charge < -0.3 is 4.90 Å². The normalized spacial score (nSPS) is 24.6. The molecule has 1 fully saturated rings. The molecule has 1 aromatic rings. The molecule has 0 saturated carbocycles. The lowest BCUT2D eigenvalue weighted by molar-refractivity contribution is 0.179. The van der Waals surface area contributed by atoms with Crippen molar-refractivity contribution in [2.75, 3.05) is 19.6 Å². The molecule has 3 rings (SSSR count). The minimum Gasteiger partial charge on any atom is -0.302 e. The average Bonchev–Trinajstić information content (AvgIpc) is 2.83. The number of hydrogen-bond donors (Lipinski definition) is 0. The first kappa shape index (κ1) is 13.5. The van der Waals surface area contributed by atoms with Crippen molar-refractivity contribution in [2.45, 2.75) is 49.2 Å². The van der Waals surface area contributed by atoms with E-state index in [9.17, 15) is 0 Å². The highest BCUT2D eigenvalue weighted by atomic mass is 32.2. The number of hydrogen-bond acceptors (Lipinski definition) is 2. The summed E-state index contributed by atoms with van der Waals surface area (Å²) in [7, 11) is 0.